The molecule has 2 rings (SSSR count). The maximum absolute atomic E-state index is 13.7. The maximum Gasteiger partial charge on any atom is 0.341 e. The van der Waals surface area contributed by atoms with E-state index >= 15 is 0 Å². The van der Waals surface area contributed by atoms with Gasteiger partial charge in [-0.3, -0.25) is 4.79 Å². The van der Waals surface area contributed by atoms with Crippen LogP contribution in [-0.4, -0.2) is 21.7 Å². The number of anilines is 1. The van der Waals surface area contributed by atoms with Crippen LogP contribution in [0, 0.1) is 0 Å². The first-order valence-corrected chi connectivity index (χ1v) is 7.30. The Bertz CT molecular complexity index is 669. The molecule has 5 nitrogen and oxygen atoms in total. The van der Waals surface area contributed by atoms with Crippen molar-refractivity contribution < 1.29 is 14.3 Å². The summed E-state index contributed by atoms with van der Waals surface area (Å²) in [6.45, 7) is 11.3. The van der Waals surface area contributed by atoms with Crippen molar-refractivity contribution in [3.8, 4) is 0 Å². The van der Waals surface area contributed by atoms with Gasteiger partial charge in [0.15, 0.2) is 0 Å². The molecule has 0 saturated carbocycles. The van der Waals surface area contributed by atoms with Crippen LogP contribution in [0.4, 0.5) is 10.2 Å². The largest absolute Gasteiger partial charge is 0.477 e. The minimum Gasteiger partial charge on any atom is -0.477 e. The number of rotatable bonds is 1. The lowest BCUT2D eigenvalue weighted by Gasteiger charge is -2.32. The predicted molar refractivity (Wildman–Crippen MR) is 86.2 cm³/mol. The van der Waals surface area contributed by atoms with Gasteiger partial charge in [0.05, 0.1) is 11.6 Å². The molecule has 0 saturated heterocycles. The number of pyridine rings is 1. The number of nitrogens with zero attached hydrogens (tertiary/aromatic N) is 1. The van der Waals surface area contributed by atoms with Gasteiger partial charge in [-0.05, 0) is 33.8 Å². The van der Waals surface area contributed by atoms with E-state index in [1.807, 2.05) is 34.6 Å². The van der Waals surface area contributed by atoms with E-state index in [1.54, 1.807) is 11.5 Å². The molecule has 0 aromatic carbocycles. The number of halogens is 1. The zero-order chi connectivity index (χ0) is 17.2. The summed E-state index contributed by atoms with van der Waals surface area (Å²) in [5.41, 5.74) is -1.44. The summed E-state index contributed by atoms with van der Waals surface area (Å²) in [7, 11) is 0. The summed E-state index contributed by atoms with van der Waals surface area (Å²) in [5, 5.41) is 12.0. The van der Waals surface area contributed by atoms with Crippen molar-refractivity contribution in [3.05, 3.63) is 33.4 Å². The molecule has 1 atom stereocenters. The van der Waals surface area contributed by atoms with Crippen molar-refractivity contribution in [2.75, 3.05) is 5.32 Å². The quantitative estimate of drug-likeness (QED) is 0.833. The highest BCUT2D eigenvalue weighted by atomic mass is 19.1. The minimum absolute atomic E-state index is 0.0513. The molecule has 0 spiro atoms. The molecule has 2 heterocycles. The van der Waals surface area contributed by atoms with Crippen molar-refractivity contribution in [2.45, 2.75) is 53.1 Å². The molecule has 6 heteroatoms. The lowest BCUT2D eigenvalue weighted by molar-refractivity contribution is 0.0694. The number of hydrogen-bond donors (Lipinski definition) is 2. The fourth-order valence-electron chi connectivity index (χ4n) is 2.13. The predicted octanol–water partition coefficient (Wildman–Crippen LogP) is 3.45. The molecule has 1 unspecified atom stereocenters. The van der Waals surface area contributed by atoms with E-state index in [9.17, 15) is 14.0 Å². The number of carbonyl (C=O) groups is 1. The summed E-state index contributed by atoms with van der Waals surface area (Å²) in [6, 6.07) is -0.550. The van der Waals surface area contributed by atoms with Gasteiger partial charge in [-0.2, -0.15) is 0 Å². The van der Waals surface area contributed by atoms with E-state index in [0.29, 0.717) is 5.82 Å². The molecule has 0 aliphatic carbocycles. The third kappa shape index (κ3) is 3.21. The lowest BCUT2D eigenvalue weighted by Crippen LogP contribution is -2.35. The highest BCUT2D eigenvalue weighted by molar-refractivity contribution is 5.89. The maximum atomic E-state index is 13.7. The van der Waals surface area contributed by atoms with Gasteiger partial charge >= 0.3 is 5.97 Å². The van der Waals surface area contributed by atoms with Crippen LogP contribution in [0.1, 0.15) is 57.5 Å². The van der Waals surface area contributed by atoms with Gasteiger partial charge < -0.3 is 15.0 Å². The van der Waals surface area contributed by atoms with E-state index in [4.69, 9.17) is 5.11 Å². The Morgan fingerprint density at radius 2 is 1.91 bits per heavy atom. The van der Waals surface area contributed by atoms with Crippen LogP contribution in [0.2, 0.25) is 0 Å². The lowest BCUT2D eigenvalue weighted by atomic mass is 10.0. The molecule has 22 heavy (non-hydrogen) atoms. The van der Waals surface area contributed by atoms with Gasteiger partial charge in [0, 0.05) is 11.7 Å². The summed E-state index contributed by atoms with van der Waals surface area (Å²) in [6.07, 6.45) is 2.42. The van der Waals surface area contributed by atoms with Crippen LogP contribution < -0.4 is 10.7 Å². The average Bonchev–Trinajstić information content (AvgIpc) is 2.42. The molecule has 1 aromatic heterocycles. The Morgan fingerprint density at radius 3 is 2.36 bits per heavy atom. The smallest absolute Gasteiger partial charge is 0.341 e. The summed E-state index contributed by atoms with van der Waals surface area (Å²) in [5.74, 6) is -1.36. The van der Waals surface area contributed by atoms with Crippen LogP contribution in [-0.2, 0) is 5.54 Å². The molecule has 1 aliphatic heterocycles. The SMILES string of the molecule is CC.CC1Nc2c(c(=O)c(C(=O)O)cn2C(C)(C)C)C=C1F. The Balaban J connectivity index is 0.00000116. The van der Waals surface area contributed by atoms with E-state index in [2.05, 4.69) is 5.32 Å². The number of aromatic nitrogens is 1. The summed E-state index contributed by atoms with van der Waals surface area (Å²) >= 11 is 0. The van der Waals surface area contributed by atoms with E-state index < -0.39 is 28.8 Å². The zero-order valence-electron chi connectivity index (χ0n) is 13.8. The van der Waals surface area contributed by atoms with Gasteiger partial charge in [-0.15, -0.1) is 0 Å². The van der Waals surface area contributed by atoms with E-state index in [1.165, 1.54) is 6.20 Å². The molecule has 0 amide bonds. The van der Waals surface area contributed by atoms with Crippen LogP contribution in [0.3, 0.4) is 0 Å². The third-order valence-electron chi connectivity index (χ3n) is 3.25. The summed E-state index contributed by atoms with van der Waals surface area (Å²) in [4.78, 5) is 23.3. The summed E-state index contributed by atoms with van der Waals surface area (Å²) < 4.78 is 15.4. The molecular formula is C16H23FN2O3. The fourth-order valence-corrected chi connectivity index (χ4v) is 2.13. The number of fused-ring (bicyclic) bond motifs is 1. The Hall–Kier alpha value is -2.11. The number of nitrogens with one attached hydrogen (secondary N) is 1. The minimum atomic E-state index is -1.32. The average molecular weight is 310 g/mol. The first-order valence-electron chi connectivity index (χ1n) is 7.30. The second-order valence-corrected chi connectivity index (χ2v) is 5.88. The van der Waals surface area contributed by atoms with Crippen molar-refractivity contribution in [1.82, 2.24) is 4.57 Å². The second-order valence-electron chi connectivity index (χ2n) is 5.88. The molecular weight excluding hydrogens is 287 g/mol. The Labute approximate surface area is 129 Å². The number of aromatic carboxylic acids is 1. The van der Waals surface area contributed by atoms with Crippen LogP contribution >= 0.6 is 0 Å². The van der Waals surface area contributed by atoms with Crippen molar-refractivity contribution in [1.29, 1.82) is 0 Å². The Morgan fingerprint density at radius 1 is 1.36 bits per heavy atom. The number of hydrogen-bond acceptors (Lipinski definition) is 3. The topological polar surface area (TPSA) is 71.3 Å². The first-order chi connectivity index (χ1) is 10.1. The van der Waals surface area contributed by atoms with Crippen molar-refractivity contribution in [2.24, 2.45) is 0 Å². The van der Waals surface area contributed by atoms with Gasteiger partial charge in [0.2, 0.25) is 5.43 Å². The van der Waals surface area contributed by atoms with Crippen LogP contribution in [0.5, 0.6) is 0 Å². The molecule has 0 bridgehead atoms. The fraction of sp³-hybridized carbons (Fsp3) is 0.500. The normalized spacial score (nSPS) is 16.7. The van der Waals surface area contributed by atoms with Gasteiger partial charge in [0.25, 0.3) is 0 Å². The third-order valence-corrected chi connectivity index (χ3v) is 3.25. The number of carboxylic acids is 1. The first kappa shape index (κ1) is 17.9. The number of carboxylic acid groups (broad SMARTS) is 1. The zero-order valence-corrected chi connectivity index (χ0v) is 13.8. The van der Waals surface area contributed by atoms with Crippen LogP contribution in [0.25, 0.3) is 6.08 Å². The van der Waals surface area contributed by atoms with Crippen molar-refractivity contribution >= 4 is 17.9 Å². The highest BCUT2D eigenvalue weighted by Gasteiger charge is 2.28. The molecule has 122 valence electrons. The molecule has 0 fully saturated rings. The standard InChI is InChI=1S/C14H17FN2O3.C2H6/c1-7-10(15)5-8-11(18)9(13(19)20)6-17(12(8)16-7)14(2,3)4;1-2/h5-7,16H,1-4H3,(H,19,20);1-2H3. The Kier molecular flexibility index (Phi) is 5.17. The van der Waals surface area contributed by atoms with Crippen LogP contribution in [0.15, 0.2) is 16.8 Å². The molecule has 1 aliphatic rings. The van der Waals surface area contributed by atoms with Crippen molar-refractivity contribution in [3.63, 3.8) is 0 Å². The molecule has 2 N–H and O–H groups in total. The van der Waals surface area contributed by atoms with Gasteiger partial charge in [0.1, 0.15) is 17.2 Å². The van der Waals surface area contributed by atoms with E-state index in [-0.39, 0.29) is 11.1 Å². The van der Waals surface area contributed by atoms with Gasteiger partial charge in [-0.1, -0.05) is 13.8 Å². The second kappa shape index (κ2) is 6.34. The highest BCUT2D eigenvalue weighted by Crippen LogP contribution is 2.30. The van der Waals surface area contributed by atoms with E-state index in [0.717, 1.165) is 6.08 Å². The van der Waals surface area contributed by atoms with Gasteiger partial charge in [-0.25, -0.2) is 9.18 Å². The molecule has 0 radical (unpaired) electrons. The molecule has 1 aromatic rings. The monoisotopic (exact) mass is 310 g/mol.